The van der Waals surface area contributed by atoms with Crippen LogP contribution in [0.2, 0.25) is 0 Å². The van der Waals surface area contributed by atoms with Gasteiger partial charge in [-0.15, -0.1) is 0 Å². The third-order valence-corrected chi connectivity index (χ3v) is 6.19. The first-order chi connectivity index (χ1) is 14.1. The molecule has 6 heteroatoms. The van der Waals surface area contributed by atoms with E-state index in [1.807, 2.05) is 0 Å². The highest BCUT2D eigenvalue weighted by Crippen LogP contribution is 2.53. The molecule has 2 fully saturated rings. The summed E-state index contributed by atoms with van der Waals surface area (Å²) in [6.45, 7) is 0. The number of anilines is 2. The van der Waals surface area contributed by atoms with Gasteiger partial charge in [-0.25, -0.2) is 4.90 Å². The summed E-state index contributed by atoms with van der Waals surface area (Å²) in [4.78, 5) is 40.5. The van der Waals surface area contributed by atoms with Gasteiger partial charge in [0.15, 0.2) is 0 Å². The molecule has 1 N–H and O–H groups in total. The average Bonchev–Trinajstić information content (AvgIpc) is 3.42. The van der Waals surface area contributed by atoms with E-state index in [9.17, 15) is 14.4 Å². The van der Waals surface area contributed by atoms with Crippen molar-refractivity contribution >= 4 is 29.1 Å². The molecule has 3 aliphatic rings. The summed E-state index contributed by atoms with van der Waals surface area (Å²) in [5.41, 5.74) is 1.20. The van der Waals surface area contributed by atoms with Crippen molar-refractivity contribution in [3.8, 4) is 5.75 Å². The van der Waals surface area contributed by atoms with Crippen LogP contribution in [0.25, 0.3) is 0 Å². The maximum absolute atomic E-state index is 13.1. The summed E-state index contributed by atoms with van der Waals surface area (Å²) in [6, 6.07) is 13.8. The number of nitrogens with one attached hydrogen (secondary N) is 1. The molecule has 1 aliphatic heterocycles. The van der Waals surface area contributed by atoms with E-state index >= 15 is 0 Å². The fourth-order valence-corrected chi connectivity index (χ4v) is 4.90. The van der Waals surface area contributed by atoms with Crippen molar-refractivity contribution in [1.82, 2.24) is 0 Å². The number of methoxy groups -OCH3 is 1. The van der Waals surface area contributed by atoms with Gasteiger partial charge in [-0.2, -0.15) is 0 Å². The first-order valence-corrected chi connectivity index (χ1v) is 9.69. The number of nitrogens with zero attached hydrogens (tertiary/aromatic N) is 1. The topological polar surface area (TPSA) is 75.7 Å². The summed E-state index contributed by atoms with van der Waals surface area (Å²) in [5.74, 6) is -0.492. The van der Waals surface area contributed by atoms with Crippen LogP contribution in [-0.4, -0.2) is 24.8 Å². The molecule has 3 amide bonds. The van der Waals surface area contributed by atoms with Gasteiger partial charge in [0.25, 0.3) is 5.91 Å². The van der Waals surface area contributed by atoms with E-state index in [0.717, 1.165) is 6.42 Å². The minimum atomic E-state index is -0.382. The fourth-order valence-electron chi connectivity index (χ4n) is 4.90. The van der Waals surface area contributed by atoms with Crippen molar-refractivity contribution in [1.29, 1.82) is 0 Å². The zero-order valence-corrected chi connectivity index (χ0v) is 15.9. The fraction of sp³-hybridized carbons (Fsp3) is 0.261. The minimum Gasteiger partial charge on any atom is -0.497 e. The Balaban J connectivity index is 1.46. The van der Waals surface area contributed by atoms with Gasteiger partial charge in [-0.05, 0) is 42.5 Å². The van der Waals surface area contributed by atoms with Crippen molar-refractivity contribution in [3.05, 3.63) is 66.2 Å². The number of carbonyl (C=O) groups excluding carboxylic acids is 3. The maximum Gasteiger partial charge on any atom is 0.257 e. The second-order valence-electron chi connectivity index (χ2n) is 7.71. The smallest absolute Gasteiger partial charge is 0.257 e. The number of hydrogen-bond acceptors (Lipinski definition) is 4. The molecule has 2 aliphatic carbocycles. The molecule has 2 aromatic carbocycles. The first-order valence-electron chi connectivity index (χ1n) is 9.69. The number of para-hydroxylation sites is 1. The van der Waals surface area contributed by atoms with E-state index < -0.39 is 0 Å². The first kappa shape index (κ1) is 17.7. The van der Waals surface area contributed by atoms with Crippen LogP contribution in [0.4, 0.5) is 11.4 Å². The number of fused-ring (bicyclic) bond motifs is 5. The number of carbonyl (C=O) groups is 3. The predicted molar refractivity (Wildman–Crippen MR) is 108 cm³/mol. The molecule has 5 rings (SSSR count). The highest BCUT2D eigenvalue weighted by molar-refractivity contribution is 6.25. The summed E-state index contributed by atoms with van der Waals surface area (Å²) in [6.07, 6.45) is 4.99. The number of allylic oxidation sites excluding steroid dienone is 2. The molecule has 0 spiro atoms. The number of imide groups is 1. The molecule has 4 atom stereocenters. The molecular weight excluding hydrogens is 368 g/mol. The van der Waals surface area contributed by atoms with Gasteiger partial charge in [0.05, 0.1) is 30.2 Å². The van der Waals surface area contributed by atoms with Gasteiger partial charge in [0, 0.05) is 11.8 Å². The lowest BCUT2D eigenvalue weighted by Crippen LogP contribution is -2.34. The van der Waals surface area contributed by atoms with E-state index in [0.29, 0.717) is 17.1 Å². The lowest BCUT2D eigenvalue weighted by atomic mass is 9.85. The number of rotatable bonds is 4. The van der Waals surface area contributed by atoms with E-state index in [1.165, 1.54) is 4.90 Å². The molecule has 1 heterocycles. The molecule has 0 unspecified atom stereocenters. The minimum absolute atomic E-state index is 0.129. The Morgan fingerprint density at radius 3 is 2.38 bits per heavy atom. The summed E-state index contributed by atoms with van der Waals surface area (Å²) in [7, 11) is 1.56. The van der Waals surface area contributed by atoms with Crippen LogP contribution in [0.5, 0.6) is 5.75 Å². The zero-order valence-electron chi connectivity index (χ0n) is 15.9. The third-order valence-electron chi connectivity index (χ3n) is 6.19. The van der Waals surface area contributed by atoms with E-state index in [1.54, 1.807) is 55.6 Å². The zero-order chi connectivity index (χ0) is 20.1. The van der Waals surface area contributed by atoms with E-state index in [2.05, 4.69) is 17.5 Å². The van der Waals surface area contributed by atoms with Crippen LogP contribution < -0.4 is 15.0 Å². The van der Waals surface area contributed by atoms with Crippen molar-refractivity contribution in [2.24, 2.45) is 23.7 Å². The highest BCUT2D eigenvalue weighted by atomic mass is 16.5. The Kier molecular flexibility index (Phi) is 4.01. The predicted octanol–water partition coefficient (Wildman–Crippen LogP) is 3.26. The van der Waals surface area contributed by atoms with E-state index in [4.69, 9.17) is 4.74 Å². The molecule has 1 saturated heterocycles. The summed E-state index contributed by atoms with van der Waals surface area (Å²) in [5, 5.41) is 2.83. The van der Waals surface area contributed by atoms with Gasteiger partial charge in [-0.1, -0.05) is 30.4 Å². The van der Waals surface area contributed by atoms with Crippen molar-refractivity contribution in [2.75, 3.05) is 17.3 Å². The van der Waals surface area contributed by atoms with E-state index in [-0.39, 0.29) is 47.0 Å². The standard InChI is InChI=1S/C23H20N2O4/c1-29-16-6-4-5-15(12-16)24-21(26)17-7-2-3-8-18(17)25-22(27)19-13-9-10-14(11-13)20(19)23(25)28/h2-10,12-14,19-20H,11H2,1H3,(H,24,26)/t13-,14-,19+,20+/m1/s1. The van der Waals surface area contributed by atoms with Crippen LogP contribution >= 0.6 is 0 Å². The van der Waals surface area contributed by atoms with Gasteiger partial charge in [0.1, 0.15) is 5.75 Å². The van der Waals surface area contributed by atoms with Crippen LogP contribution in [0, 0.1) is 23.7 Å². The quantitative estimate of drug-likeness (QED) is 0.644. The van der Waals surface area contributed by atoms with Crippen LogP contribution in [0.1, 0.15) is 16.8 Å². The lowest BCUT2D eigenvalue weighted by Gasteiger charge is -2.20. The molecule has 146 valence electrons. The number of ether oxygens (including phenoxy) is 1. The van der Waals surface area contributed by atoms with Crippen molar-refractivity contribution in [3.63, 3.8) is 0 Å². The second-order valence-corrected chi connectivity index (χ2v) is 7.71. The summed E-state index contributed by atoms with van der Waals surface area (Å²) < 4.78 is 5.19. The molecule has 2 aromatic rings. The van der Waals surface area contributed by atoms with Crippen LogP contribution in [0.15, 0.2) is 60.7 Å². The monoisotopic (exact) mass is 388 g/mol. The van der Waals surface area contributed by atoms with Crippen LogP contribution in [-0.2, 0) is 9.59 Å². The molecule has 0 radical (unpaired) electrons. The highest BCUT2D eigenvalue weighted by Gasteiger charge is 2.59. The largest absolute Gasteiger partial charge is 0.497 e. The Morgan fingerprint density at radius 1 is 1.00 bits per heavy atom. The van der Waals surface area contributed by atoms with Gasteiger partial charge >= 0.3 is 0 Å². The molecular formula is C23H20N2O4. The second kappa shape index (κ2) is 6.58. The number of hydrogen-bond donors (Lipinski definition) is 1. The average molecular weight is 388 g/mol. The normalized spacial score (nSPS) is 26.7. The number of amides is 3. The van der Waals surface area contributed by atoms with Crippen LogP contribution in [0.3, 0.4) is 0 Å². The number of benzene rings is 2. The maximum atomic E-state index is 13.1. The molecule has 1 saturated carbocycles. The Hall–Kier alpha value is -3.41. The molecule has 29 heavy (non-hydrogen) atoms. The lowest BCUT2D eigenvalue weighted by molar-refractivity contribution is -0.123. The van der Waals surface area contributed by atoms with Gasteiger partial charge < -0.3 is 10.1 Å². The Labute approximate surface area is 168 Å². The third kappa shape index (κ3) is 2.67. The molecule has 2 bridgehead atoms. The van der Waals surface area contributed by atoms with Crippen molar-refractivity contribution in [2.45, 2.75) is 6.42 Å². The Morgan fingerprint density at radius 2 is 1.69 bits per heavy atom. The molecule has 6 nitrogen and oxygen atoms in total. The van der Waals surface area contributed by atoms with Crippen molar-refractivity contribution < 1.29 is 19.1 Å². The summed E-state index contributed by atoms with van der Waals surface area (Å²) >= 11 is 0. The van der Waals surface area contributed by atoms with Gasteiger partial charge in [0.2, 0.25) is 11.8 Å². The van der Waals surface area contributed by atoms with Gasteiger partial charge in [-0.3, -0.25) is 14.4 Å². The molecule has 0 aromatic heterocycles. The Bertz CT molecular complexity index is 1030. The SMILES string of the molecule is COc1cccc(NC(=O)c2ccccc2N2C(=O)[C@@H]3[C@@H](C2=O)[C@@H]2C=C[C@@H]3C2)c1.